The molecule has 7 heteroatoms. The van der Waals surface area contributed by atoms with E-state index in [1.165, 1.54) is 7.11 Å². The van der Waals surface area contributed by atoms with Gasteiger partial charge in [-0.3, -0.25) is 0 Å². The van der Waals surface area contributed by atoms with Crippen LogP contribution in [0.5, 0.6) is 17.2 Å². The quantitative estimate of drug-likeness (QED) is 0.426. The van der Waals surface area contributed by atoms with E-state index < -0.39 is 11.6 Å². The van der Waals surface area contributed by atoms with E-state index in [0.717, 1.165) is 0 Å². The van der Waals surface area contributed by atoms with E-state index >= 15 is 0 Å². The average molecular weight is 412 g/mol. The van der Waals surface area contributed by atoms with Crippen LogP contribution in [0.4, 0.5) is 0 Å². The van der Waals surface area contributed by atoms with Gasteiger partial charge < -0.3 is 23.4 Å². The number of hydrogen-bond acceptors (Lipinski definition) is 7. The first-order valence-corrected chi connectivity index (χ1v) is 9.46. The van der Waals surface area contributed by atoms with Crippen molar-refractivity contribution < 1.29 is 28.2 Å². The Kier molecular flexibility index (Phi) is 6.30. The molecule has 0 aliphatic rings. The third-order valence-electron chi connectivity index (χ3n) is 4.54. The summed E-state index contributed by atoms with van der Waals surface area (Å²) in [5.41, 5.74) is 1.57. The zero-order valence-electron chi connectivity index (χ0n) is 17.6. The van der Waals surface area contributed by atoms with Crippen molar-refractivity contribution in [3.05, 3.63) is 52.4 Å². The van der Waals surface area contributed by atoms with Gasteiger partial charge in [-0.1, -0.05) is 0 Å². The van der Waals surface area contributed by atoms with Crippen LogP contribution in [-0.4, -0.2) is 32.9 Å². The van der Waals surface area contributed by atoms with Crippen molar-refractivity contribution in [2.75, 3.05) is 20.8 Å². The zero-order chi connectivity index (χ0) is 21.8. The molecular weight excluding hydrogens is 388 g/mol. The van der Waals surface area contributed by atoms with E-state index in [4.69, 9.17) is 23.4 Å². The highest BCUT2D eigenvalue weighted by molar-refractivity contribution is 5.89. The van der Waals surface area contributed by atoms with Gasteiger partial charge in [-0.05, 0) is 62.7 Å². The minimum Gasteiger partial charge on any atom is -0.497 e. The normalized spacial score (nSPS) is 10.9. The Bertz CT molecular complexity index is 1130. The summed E-state index contributed by atoms with van der Waals surface area (Å²) in [7, 11) is 3.08. The van der Waals surface area contributed by atoms with Gasteiger partial charge in [-0.25, -0.2) is 9.59 Å². The maximum atomic E-state index is 12.8. The number of aryl methyl sites for hydroxylation is 1. The van der Waals surface area contributed by atoms with Crippen molar-refractivity contribution in [1.29, 1.82) is 0 Å². The first-order valence-electron chi connectivity index (χ1n) is 9.46. The van der Waals surface area contributed by atoms with Crippen LogP contribution >= 0.6 is 0 Å². The van der Waals surface area contributed by atoms with E-state index in [1.54, 1.807) is 57.4 Å². The van der Waals surface area contributed by atoms with Gasteiger partial charge in [-0.15, -0.1) is 0 Å². The van der Waals surface area contributed by atoms with Crippen molar-refractivity contribution in [2.45, 2.75) is 26.9 Å². The van der Waals surface area contributed by atoms with Gasteiger partial charge in [0.2, 0.25) is 0 Å². The van der Waals surface area contributed by atoms with Gasteiger partial charge >= 0.3 is 11.6 Å². The predicted molar refractivity (Wildman–Crippen MR) is 112 cm³/mol. The summed E-state index contributed by atoms with van der Waals surface area (Å²) in [4.78, 5) is 24.5. The summed E-state index contributed by atoms with van der Waals surface area (Å²) in [5.74, 6) is 1.12. The number of hydrogen-bond donors (Lipinski definition) is 0. The molecule has 0 atom stereocenters. The Labute approximate surface area is 174 Å². The average Bonchev–Trinajstić information content (AvgIpc) is 2.72. The Morgan fingerprint density at radius 3 is 2.43 bits per heavy atom. The lowest BCUT2D eigenvalue weighted by atomic mass is 9.98. The van der Waals surface area contributed by atoms with Crippen molar-refractivity contribution in [1.82, 2.24) is 0 Å². The van der Waals surface area contributed by atoms with Crippen LogP contribution in [0.1, 0.15) is 19.4 Å². The molecule has 0 spiro atoms. The molecule has 0 saturated carbocycles. The summed E-state index contributed by atoms with van der Waals surface area (Å²) >= 11 is 0. The molecule has 7 nitrogen and oxygen atoms in total. The Morgan fingerprint density at radius 2 is 1.77 bits per heavy atom. The summed E-state index contributed by atoms with van der Waals surface area (Å²) in [6.07, 6.45) is -0.213. The highest BCUT2D eigenvalue weighted by Crippen LogP contribution is 2.36. The molecule has 0 unspecified atom stereocenters. The first kappa shape index (κ1) is 21.2. The molecule has 0 amide bonds. The summed E-state index contributed by atoms with van der Waals surface area (Å²) in [5, 5.41) is 0.684. The molecule has 0 aliphatic carbocycles. The lowest BCUT2D eigenvalue weighted by Gasteiger charge is -2.14. The fourth-order valence-electron chi connectivity index (χ4n) is 3.18. The first-order chi connectivity index (χ1) is 14.3. The highest BCUT2D eigenvalue weighted by Gasteiger charge is 2.18. The van der Waals surface area contributed by atoms with E-state index in [-0.39, 0.29) is 12.7 Å². The van der Waals surface area contributed by atoms with Crippen LogP contribution in [0.25, 0.3) is 22.1 Å². The maximum absolute atomic E-state index is 12.8. The molecule has 158 valence electrons. The Hall–Kier alpha value is -3.48. The number of fused-ring (bicyclic) bond motifs is 1. The third kappa shape index (κ3) is 4.40. The molecule has 1 aromatic heterocycles. The standard InChI is InChI=1S/C23H24O7/c1-13(2)29-21(24)12-28-16-7-9-20-17(11-16)14(3)22(23(25)30-20)18-10-15(26-4)6-8-19(18)27-5/h6-11,13H,12H2,1-5H3. The molecule has 0 bridgehead atoms. The van der Waals surface area contributed by atoms with Crippen LogP contribution in [0.3, 0.4) is 0 Å². The number of esters is 1. The van der Waals surface area contributed by atoms with E-state index in [2.05, 4.69) is 0 Å². The molecule has 0 radical (unpaired) electrons. The maximum Gasteiger partial charge on any atom is 0.344 e. The van der Waals surface area contributed by atoms with Crippen LogP contribution in [0.2, 0.25) is 0 Å². The fraction of sp³-hybridized carbons (Fsp3) is 0.304. The topological polar surface area (TPSA) is 84.2 Å². The summed E-state index contributed by atoms with van der Waals surface area (Å²) in [6.45, 7) is 5.15. The molecule has 0 N–H and O–H groups in total. The van der Waals surface area contributed by atoms with Gasteiger partial charge in [-0.2, -0.15) is 0 Å². The second-order valence-electron chi connectivity index (χ2n) is 6.94. The van der Waals surface area contributed by atoms with Crippen LogP contribution in [0.15, 0.2) is 45.6 Å². The minimum atomic E-state index is -0.485. The van der Waals surface area contributed by atoms with Crippen LogP contribution in [0, 0.1) is 6.92 Å². The monoisotopic (exact) mass is 412 g/mol. The highest BCUT2D eigenvalue weighted by atomic mass is 16.6. The number of methoxy groups -OCH3 is 2. The summed E-state index contributed by atoms with van der Waals surface area (Å²) in [6, 6.07) is 10.2. The van der Waals surface area contributed by atoms with Crippen LogP contribution < -0.4 is 19.8 Å². The summed E-state index contributed by atoms with van der Waals surface area (Å²) < 4.78 is 26.9. The number of benzene rings is 2. The van der Waals surface area contributed by atoms with E-state index in [0.29, 0.717) is 44.9 Å². The number of ether oxygens (including phenoxy) is 4. The molecule has 3 rings (SSSR count). The molecule has 3 aromatic rings. The zero-order valence-corrected chi connectivity index (χ0v) is 17.6. The van der Waals surface area contributed by atoms with Gasteiger partial charge in [0.05, 0.1) is 25.9 Å². The van der Waals surface area contributed by atoms with Gasteiger partial charge in [0.25, 0.3) is 0 Å². The molecular formula is C23H24O7. The largest absolute Gasteiger partial charge is 0.497 e. The minimum absolute atomic E-state index is 0.212. The second kappa shape index (κ2) is 8.90. The predicted octanol–water partition coefficient (Wildman–Crippen LogP) is 4.12. The van der Waals surface area contributed by atoms with Crippen molar-refractivity contribution in [3.63, 3.8) is 0 Å². The van der Waals surface area contributed by atoms with Gasteiger partial charge in [0, 0.05) is 10.9 Å². The SMILES string of the molecule is COc1ccc(OC)c(-c2c(C)c3cc(OCC(=O)OC(C)C)ccc3oc2=O)c1. The lowest BCUT2D eigenvalue weighted by Crippen LogP contribution is -2.18. The van der Waals surface area contributed by atoms with E-state index in [9.17, 15) is 9.59 Å². The van der Waals surface area contributed by atoms with E-state index in [1.807, 2.05) is 6.92 Å². The van der Waals surface area contributed by atoms with Crippen molar-refractivity contribution in [3.8, 4) is 28.4 Å². The smallest absolute Gasteiger partial charge is 0.344 e. The molecule has 2 aromatic carbocycles. The van der Waals surface area contributed by atoms with Crippen molar-refractivity contribution in [2.24, 2.45) is 0 Å². The van der Waals surface area contributed by atoms with Gasteiger partial charge in [0.15, 0.2) is 6.61 Å². The Balaban J connectivity index is 2.05. The molecule has 1 heterocycles. The third-order valence-corrected chi connectivity index (χ3v) is 4.54. The van der Waals surface area contributed by atoms with Gasteiger partial charge in [0.1, 0.15) is 22.8 Å². The lowest BCUT2D eigenvalue weighted by molar-refractivity contribution is -0.149. The van der Waals surface area contributed by atoms with Crippen LogP contribution in [-0.2, 0) is 9.53 Å². The fourth-order valence-corrected chi connectivity index (χ4v) is 3.18. The molecule has 0 fully saturated rings. The Morgan fingerprint density at radius 1 is 1.03 bits per heavy atom. The second-order valence-corrected chi connectivity index (χ2v) is 6.94. The molecule has 30 heavy (non-hydrogen) atoms. The molecule has 0 saturated heterocycles. The number of carbonyl (C=O) groups excluding carboxylic acids is 1. The number of rotatable bonds is 7. The molecule has 0 aliphatic heterocycles. The van der Waals surface area contributed by atoms with Crippen molar-refractivity contribution >= 4 is 16.9 Å². The number of carbonyl (C=O) groups is 1.